The second-order valence-electron chi connectivity index (χ2n) is 2.88. The third-order valence-electron chi connectivity index (χ3n) is 1.32. The molecular weight excluding hydrogens is 172 g/mol. The SMILES string of the molecule is CC1=C(O)N=C(SC(C)C)N[CH]1. The predicted molar refractivity (Wildman–Crippen MR) is 52.9 cm³/mol. The number of aliphatic imine (C=N–C) groups is 1. The molecule has 0 aromatic carbocycles. The highest BCUT2D eigenvalue weighted by molar-refractivity contribution is 8.14. The van der Waals surface area contributed by atoms with Crippen molar-refractivity contribution in [2.75, 3.05) is 0 Å². The Bertz CT molecular complexity index is 233. The lowest BCUT2D eigenvalue weighted by Crippen LogP contribution is -2.23. The van der Waals surface area contributed by atoms with Gasteiger partial charge < -0.3 is 10.4 Å². The average Bonchev–Trinajstić information content (AvgIpc) is 1.96. The van der Waals surface area contributed by atoms with Crippen molar-refractivity contribution in [3.8, 4) is 0 Å². The summed E-state index contributed by atoms with van der Waals surface area (Å²) in [4.78, 5) is 3.98. The molecule has 0 amide bonds. The van der Waals surface area contributed by atoms with Crippen LogP contribution in [0.3, 0.4) is 0 Å². The third kappa shape index (κ3) is 2.44. The van der Waals surface area contributed by atoms with Gasteiger partial charge in [-0.2, -0.15) is 4.99 Å². The molecule has 0 aromatic heterocycles. The number of aliphatic hydroxyl groups excluding tert-OH is 1. The Balaban J connectivity index is 2.63. The molecule has 0 fully saturated rings. The van der Waals surface area contributed by atoms with Crippen LogP contribution in [0.5, 0.6) is 0 Å². The van der Waals surface area contributed by atoms with Crippen LogP contribution in [0.2, 0.25) is 0 Å². The number of hydrogen-bond donors (Lipinski definition) is 2. The van der Waals surface area contributed by atoms with Gasteiger partial charge in [-0.3, -0.25) is 0 Å². The van der Waals surface area contributed by atoms with Gasteiger partial charge in [0.15, 0.2) is 5.17 Å². The van der Waals surface area contributed by atoms with Gasteiger partial charge in [0.2, 0.25) is 5.88 Å². The van der Waals surface area contributed by atoms with Crippen molar-refractivity contribution in [1.29, 1.82) is 0 Å². The van der Waals surface area contributed by atoms with Gasteiger partial charge in [-0.15, -0.1) is 0 Å². The molecule has 0 bridgehead atoms. The first-order chi connectivity index (χ1) is 5.59. The van der Waals surface area contributed by atoms with E-state index in [-0.39, 0.29) is 5.88 Å². The molecule has 0 aromatic rings. The van der Waals surface area contributed by atoms with Crippen molar-refractivity contribution in [3.05, 3.63) is 18.0 Å². The molecule has 0 unspecified atom stereocenters. The van der Waals surface area contributed by atoms with E-state index >= 15 is 0 Å². The summed E-state index contributed by atoms with van der Waals surface area (Å²) in [5.41, 5.74) is 0.767. The van der Waals surface area contributed by atoms with E-state index in [1.54, 1.807) is 18.3 Å². The Morgan fingerprint density at radius 3 is 2.75 bits per heavy atom. The third-order valence-corrected chi connectivity index (χ3v) is 2.22. The molecule has 1 aliphatic rings. The topological polar surface area (TPSA) is 44.6 Å². The summed E-state index contributed by atoms with van der Waals surface area (Å²) < 4.78 is 0. The Labute approximate surface area is 77.0 Å². The first kappa shape index (κ1) is 9.45. The van der Waals surface area contributed by atoms with Crippen molar-refractivity contribution < 1.29 is 5.11 Å². The van der Waals surface area contributed by atoms with E-state index in [4.69, 9.17) is 0 Å². The standard InChI is InChI=1S/C8H13N2OS/c1-5(2)12-8-9-4-6(3)7(11)10-8/h4-5,11H,1-3H3,(H,9,10). The molecule has 0 spiro atoms. The Kier molecular flexibility index (Phi) is 3.03. The first-order valence-corrected chi connectivity index (χ1v) is 4.72. The van der Waals surface area contributed by atoms with Crippen molar-refractivity contribution in [2.24, 2.45) is 4.99 Å². The van der Waals surface area contributed by atoms with Gasteiger partial charge in [0, 0.05) is 10.8 Å². The quantitative estimate of drug-likeness (QED) is 0.657. The highest BCUT2D eigenvalue weighted by atomic mass is 32.2. The molecule has 1 rings (SSSR count). The van der Waals surface area contributed by atoms with Crippen LogP contribution < -0.4 is 5.32 Å². The molecule has 1 aliphatic heterocycles. The summed E-state index contributed by atoms with van der Waals surface area (Å²) in [6.07, 6.45) is 0. The van der Waals surface area contributed by atoms with Crippen LogP contribution in [0.4, 0.5) is 0 Å². The van der Waals surface area contributed by atoms with Crippen LogP contribution in [0.1, 0.15) is 20.8 Å². The highest BCUT2D eigenvalue weighted by Gasteiger charge is 2.11. The molecule has 2 N–H and O–H groups in total. The summed E-state index contributed by atoms with van der Waals surface area (Å²) in [7, 11) is 0. The van der Waals surface area contributed by atoms with Crippen molar-refractivity contribution >= 4 is 16.9 Å². The van der Waals surface area contributed by atoms with Crippen molar-refractivity contribution in [1.82, 2.24) is 5.32 Å². The van der Waals surface area contributed by atoms with Crippen molar-refractivity contribution in [2.45, 2.75) is 26.0 Å². The molecule has 4 heteroatoms. The van der Waals surface area contributed by atoms with Gasteiger partial charge in [0.1, 0.15) is 0 Å². The summed E-state index contributed by atoms with van der Waals surface area (Å²) >= 11 is 1.59. The molecule has 67 valence electrons. The van der Waals surface area contributed by atoms with Gasteiger partial charge in [0.05, 0.1) is 6.54 Å². The van der Waals surface area contributed by atoms with Crippen LogP contribution in [-0.4, -0.2) is 15.5 Å². The Hall–Kier alpha value is -0.640. The normalized spacial score (nSPS) is 17.8. The summed E-state index contributed by atoms with van der Waals surface area (Å²) in [5.74, 6) is 0.108. The van der Waals surface area contributed by atoms with E-state index in [0.29, 0.717) is 5.25 Å². The minimum Gasteiger partial charge on any atom is -0.493 e. The Morgan fingerprint density at radius 2 is 2.25 bits per heavy atom. The lowest BCUT2D eigenvalue weighted by atomic mass is 10.3. The largest absolute Gasteiger partial charge is 0.493 e. The Morgan fingerprint density at radius 1 is 1.58 bits per heavy atom. The molecule has 0 saturated carbocycles. The first-order valence-electron chi connectivity index (χ1n) is 3.84. The minimum atomic E-state index is 0.108. The van der Waals surface area contributed by atoms with E-state index in [9.17, 15) is 5.11 Å². The van der Waals surface area contributed by atoms with E-state index in [0.717, 1.165) is 10.7 Å². The minimum absolute atomic E-state index is 0.108. The van der Waals surface area contributed by atoms with Crippen LogP contribution >= 0.6 is 11.8 Å². The van der Waals surface area contributed by atoms with Crippen LogP contribution in [0, 0.1) is 6.54 Å². The molecule has 0 aliphatic carbocycles. The lowest BCUT2D eigenvalue weighted by molar-refractivity contribution is 0.398. The maximum atomic E-state index is 9.27. The van der Waals surface area contributed by atoms with Gasteiger partial charge in [0.25, 0.3) is 0 Å². The summed E-state index contributed by atoms with van der Waals surface area (Å²) in [6.45, 7) is 7.73. The van der Waals surface area contributed by atoms with Crippen LogP contribution in [0.15, 0.2) is 16.4 Å². The van der Waals surface area contributed by atoms with Crippen molar-refractivity contribution in [3.63, 3.8) is 0 Å². The molecule has 1 heterocycles. The molecule has 3 nitrogen and oxygen atoms in total. The van der Waals surface area contributed by atoms with E-state index < -0.39 is 0 Å². The zero-order valence-corrected chi connectivity index (χ0v) is 8.27. The smallest absolute Gasteiger partial charge is 0.214 e. The highest BCUT2D eigenvalue weighted by Crippen LogP contribution is 2.17. The van der Waals surface area contributed by atoms with Gasteiger partial charge in [-0.05, 0) is 6.92 Å². The fourth-order valence-corrected chi connectivity index (χ4v) is 1.45. The zero-order chi connectivity index (χ0) is 9.14. The summed E-state index contributed by atoms with van der Waals surface area (Å²) in [6, 6.07) is 0. The number of thioether (sulfide) groups is 1. The fourth-order valence-electron chi connectivity index (χ4n) is 0.735. The monoisotopic (exact) mass is 185 g/mol. The van der Waals surface area contributed by atoms with Gasteiger partial charge in [-0.25, -0.2) is 0 Å². The number of nitrogens with zero attached hydrogens (tertiary/aromatic N) is 1. The molecule has 1 radical (unpaired) electrons. The molecular formula is C8H13N2OS. The van der Waals surface area contributed by atoms with Crippen LogP contribution in [0.25, 0.3) is 0 Å². The predicted octanol–water partition coefficient (Wildman–Crippen LogP) is 2.04. The number of amidine groups is 1. The van der Waals surface area contributed by atoms with E-state index in [1.807, 2.05) is 6.92 Å². The second kappa shape index (κ2) is 3.85. The number of aliphatic hydroxyl groups is 1. The maximum absolute atomic E-state index is 9.27. The lowest BCUT2D eigenvalue weighted by Gasteiger charge is -2.15. The molecule has 0 atom stereocenters. The van der Waals surface area contributed by atoms with Crippen LogP contribution in [-0.2, 0) is 0 Å². The zero-order valence-electron chi connectivity index (χ0n) is 7.46. The summed E-state index contributed by atoms with van der Waals surface area (Å²) in [5, 5.41) is 13.5. The molecule has 12 heavy (non-hydrogen) atoms. The van der Waals surface area contributed by atoms with Gasteiger partial charge >= 0.3 is 0 Å². The second-order valence-corrected chi connectivity index (χ2v) is 4.44. The van der Waals surface area contributed by atoms with Gasteiger partial charge in [-0.1, -0.05) is 25.6 Å². The maximum Gasteiger partial charge on any atom is 0.214 e. The fraction of sp³-hybridized carbons (Fsp3) is 0.500. The average molecular weight is 185 g/mol. The van der Waals surface area contributed by atoms with E-state index in [1.165, 1.54) is 0 Å². The number of hydrogen-bond acceptors (Lipinski definition) is 4. The number of nitrogens with one attached hydrogen (secondary N) is 1. The number of rotatable bonds is 1. The molecule has 0 saturated heterocycles. The van der Waals surface area contributed by atoms with E-state index in [2.05, 4.69) is 24.2 Å².